The van der Waals surface area contributed by atoms with Crippen molar-refractivity contribution in [3.8, 4) is 11.5 Å². The Hall–Kier alpha value is -4.69. The van der Waals surface area contributed by atoms with Gasteiger partial charge in [0.1, 0.15) is 23.2 Å². The van der Waals surface area contributed by atoms with E-state index in [0.717, 1.165) is 37.9 Å². The summed E-state index contributed by atoms with van der Waals surface area (Å²) in [6.07, 6.45) is 2.86. The number of aromatic amines is 1. The second-order valence-electron chi connectivity index (χ2n) is 19.2. The second-order valence-corrected chi connectivity index (χ2v) is 23.9. The number of rotatable bonds is 16. The quantitative estimate of drug-likeness (QED) is 0.0568. The Labute approximate surface area is 361 Å². The molecule has 0 radical (unpaired) electrons. The average molecular weight is 856 g/mol. The van der Waals surface area contributed by atoms with Crippen LogP contribution in [0.25, 0.3) is 10.9 Å². The third-order valence-electron chi connectivity index (χ3n) is 12.5. The van der Waals surface area contributed by atoms with Gasteiger partial charge < -0.3 is 38.7 Å². The minimum absolute atomic E-state index is 0.0436. The van der Waals surface area contributed by atoms with E-state index in [2.05, 4.69) is 43.7 Å². The lowest BCUT2D eigenvalue weighted by atomic mass is 9.84. The number of hydrogen-bond donors (Lipinski definition) is 3. The summed E-state index contributed by atoms with van der Waals surface area (Å²) in [5.41, 5.74) is -1.09. The molecule has 3 N–H and O–H groups in total. The Balaban J connectivity index is 1.11. The normalized spacial score (nSPS) is 19.5. The Kier molecular flexibility index (Phi) is 14.1. The predicted molar refractivity (Wildman–Crippen MR) is 239 cm³/mol. The molecular formula is C48H65N3O9Si. The summed E-state index contributed by atoms with van der Waals surface area (Å²) < 4.78 is 25.1. The molecule has 3 aliphatic rings. The lowest BCUT2D eigenvalue weighted by Gasteiger charge is -2.44. The van der Waals surface area contributed by atoms with E-state index in [1.54, 1.807) is 71.6 Å². The molecule has 3 saturated heterocycles. The molecule has 1 unspecified atom stereocenters. The predicted octanol–water partition coefficient (Wildman–Crippen LogP) is 8.66. The van der Waals surface area contributed by atoms with Gasteiger partial charge in [-0.2, -0.15) is 0 Å². The Morgan fingerprint density at radius 2 is 1.56 bits per heavy atom. The number of H-pyrrole nitrogens is 1. The van der Waals surface area contributed by atoms with Gasteiger partial charge in [-0.3, -0.25) is 9.69 Å². The third kappa shape index (κ3) is 11.0. The lowest BCUT2D eigenvalue weighted by molar-refractivity contribution is -0.177. The maximum atomic E-state index is 13.9. The van der Waals surface area contributed by atoms with E-state index in [1.807, 2.05) is 26.8 Å². The smallest absolute Gasteiger partial charge is 0.410 e. The van der Waals surface area contributed by atoms with Crippen molar-refractivity contribution in [1.29, 1.82) is 0 Å². The number of nitrogens with one attached hydrogen (secondary N) is 1. The fraction of sp³-hybridized carbons (Fsp3) is 0.521. The van der Waals surface area contributed by atoms with Crippen LogP contribution in [0.5, 0.6) is 11.5 Å². The van der Waals surface area contributed by atoms with Gasteiger partial charge in [-0.1, -0.05) is 69.3 Å². The van der Waals surface area contributed by atoms with Gasteiger partial charge in [0.2, 0.25) is 11.2 Å². The van der Waals surface area contributed by atoms with Crippen LogP contribution in [0.3, 0.4) is 0 Å². The molecule has 3 aromatic carbocycles. The maximum absolute atomic E-state index is 13.9. The number of benzene rings is 3. The zero-order valence-electron chi connectivity index (χ0n) is 37.2. The number of nitrogens with zero attached hydrogens (tertiary/aromatic N) is 2. The van der Waals surface area contributed by atoms with Crippen LogP contribution in [0, 0.1) is 5.92 Å². The Morgan fingerprint density at radius 1 is 0.885 bits per heavy atom. The van der Waals surface area contributed by atoms with Crippen molar-refractivity contribution in [2.75, 3.05) is 39.3 Å². The van der Waals surface area contributed by atoms with Crippen LogP contribution in [-0.2, 0) is 24.3 Å². The number of carbonyl (C=O) groups excluding carboxylic acids is 2. The van der Waals surface area contributed by atoms with Gasteiger partial charge in [0, 0.05) is 24.5 Å². The molecule has 3 aliphatic heterocycles. The highest BCUT2D eigenvalue weighted by Gasteiger charge is 2.46. The topological polar surface area (TPSA) is 151 Å². The van der Waals surface area contributed by atoms with Crippen molar-refractivity contribution in [2.45, 2.75) is 115 Å². The number of aromatic nitrogens is 1. The van der Waals surface area contributed by atoms with Crippen molar-refractivity contribution in [1.82, 2.24) is 14.8 Å². The van der Waals surface area contributed by atoms with E-state index in [0.29, 0.717) is 66.2 Å². The van der Waals surface area contributed by atoms with E-state index in [1.165, 1.54) is 6.07 Å². The zero-order valence-corrected chi connectivity index (χ0v) is 38.2. The van der Waals surface area contributed by atoms with Gasteiger partial charge >= 0.3 is 12.1 Å². The molecule has 0 spiro atoms. The number of carbonyl (C=O) groups is 2. The highest BCUT2D eigenvalue weighted by molar-refractivity contribution is 6.74. The summed E-state index contributed by atoms with van der Waals surface area (Å²) in [5.74, 6) is 0.201. The number of aliphatic hydroxyl groups is 1. The summed E-state index contributed by atoms with van der Waals surface area (Å²) in [6.45, 7) is 20.1. The highest BCUT2D eigenvalue weighted by Crippen LogP contribution is 2.42. The van der Waals surface area contributed by atoms with Gasteiger partial charge in [0.15, 0.2) is 8.32 Å². The number of ether oxygens (including phenoxy) is 3. The van der Waals surface area contributed by atoms with Crippen LogP contribution in [0.2, 0.25) is 18.1 Å². The number of hydrogen-bond acceptors (Lipinski definition) is 10. The molecule has 12 nitrogen and oxygen atoms in total. The first-order chi connectivity index (χ1) is 28.7. The number of amides is 1. The van der Waals surface area contributed by atoms with E-state index in [4.69, 9.17) is 18.6 Å². The van der Waals surface area contributed by atoms with E-state index in [9.17, 15) is 24.6 Å². The minimum atomic E-state index is -2.41. The summed E-state index contributed by atoms with van der Waals surface area (Å²) in [7, 11) is -2.41. The molecule has 61 heavy (non-hydrogen) atoms. The first-order valence-electron chi connectivity index (χ1n) is 21.7. The van der Waals surface area contributed by atoms with Crippen LogP contribution in [0.15, 0.2) is 83.7 Å². The molecule has 4 aromatic rings. The number of unbranched alkanes of at least 4 members (excludes halogenated alkanes) is 2. The first kappa shape index (κ1) is 45.8. The van der Waals surface area contributed by atoms with Gasteiger partial charge in [-0.15, -0.1) is 0 Å². The summed E-state index contributed by atoms with van der Waals surface area (Å²) in [5, 5.41) is 23.3. The molecule has 2 bridgehead atoms. The zero-order chi connectivity index (χ0) is 44.2. The fourth-order valence-electron chi connectivity index (χ4n) is 7.97. The standard InChI is InChI=1S/C48H65N3O9Si/c1-46(2,3)59-45(55)51(32-41(60-61(7,8)47(4,5)6)37-21-23-39(52)43-38(37)22-24-42(53)49-43)27-13-10-14-30-57-36-19-17-35(18-20-36)48(56,34-15-11-9-12-16-34)44(54)58-40-31-50-28-25-33(40)26-29-50/h9,11-12,15-24,33,40-41,52,56H,10,13-14,25-32H2,1-8H3,(H,49,53)/t40?,41-,48+/m0/s1. The summed E-state index contributed by atoms with van der Waals surface area (Å²) in [6, 6.07) is 22.4. The largest absolute Gasteiger partial charge is 0.506 e. The monoisotopic (exact) mass is 855 g/mol. The van der Waals surface area contributed by atoms with Crippen molar-refractivity contribution >= 4 is 31.3 Å². The van der Waals surface area contributed by atoms with Gasteiger partial charge in [0.05, 0.1) is 24.8 Å². The SMILES string of the molecule is CC(C)(C)OC(=O)N(CCCCCOc1ccc([C@@](O)(C(=O)OC2CN3CCC2CC3)c2ccccc2)cc1)C[C@H](O[Si](C)(C)C(C)(C)C)c1ccc(O)c2[nH]c(=O)ccc12. The molecule has 0 aliphatic carbocycles. The first-order valence-corrected chi connectivity index (χ1v) is 24.6. The molecule has 1 amide bonds. The fourth-order valence-corrected chi connectivity index (χ4v) is 9.23. The Morgan fingerprint density at radius 3 is 2.18 bits per heavy atom. The number of fused-ring (bicyclic) bond motifs is 4. The van der Waals surface area contributed by atoms with Crippen molar-refractivity contribution in [3.63, 3.8) is 0 Å². The van der Waals surface area contributed by atoms with Gasteiger partial charge in [-0.05, 0) is 131 Å². The molecule has 4 heterocycles. The third-order valence-corrected chi connectivity index (χ3v) is 17.0. The molecular weight excluding hydrogens is 791 g/mol. The van der Waals surface area contributed by atoms with Crippen molar-refractivity contribution < 1.29 is 38.4 Å². The second kappa shape index (κ2) is 18.7. The van der Waals surface area contributed by atoms with Gasteiger partial charge in [-0.25, -0.2) is 9.59 Å². The highest BCUT2D eigenvalue weighted by atomic mass is 28.4. The molecule has 330 valence electrons. The van der Waals surface area contributed by atoms with Crippen LogP contribution in [-0.4, -0.2) is 96.4 Å². The van der Waals surface area contributed by atoms with E-state index >= 15 is 0 Å². The maximum Gasteiger partial charge on any atom is 0.410 e. The number of phenols is 1. The van der Waals surface area contributed by atoms with Crippen LogP contribution in [0.1, 0.15) is 96.4 Å². The summed E-state index contributed by atoms with van der Waals surface area (Å²) in [4.78, 5) is 46.7. The van der Waals surface area contributed by atoms with Crippen LogP contribution >= 0.6 is 0 Å². The van der Waals surface area contributed by atoms with Gasteiger partial charge in [0.25, 0.3) is 0 Å². The summed E-state index contributed by atoms with van der Waals surface area (Å²) >= 11 is 0. The molecule has 13 heteroatoms. The van der Waals surface area contributed by atoms with Crippen LogP contribution < -0.4 is 10.3 Å². The van der Waals surface area contributed by atoms with E-state index in [-0.39, 0.29) is 29.0 Å². The molecule has 7 rings (SSSR count). The van der Waals surface area contributed by atoms with Crippen LogP contribution in [0.4, 0.5) is 4.79 Å². The molecule has 1 aromatic heterocycles. The number of phenolic OH excluding ortho intramolecular Hbond substituents is 1. The number of aromatic hydroxyl groups is 1. The van der Waals surface area contributed by atoms with Crippen molar-refractivity contribution in [2.24, 2.45) is 5.92 Å². The minimum Gasteiger partial charge on any atom is -0.506 e. The van der Waals surface area contributed by atoms with Crippen molar-refractivity contribution in [3.05, 3.63) is 106 Å². The average Bonchev–Trinajstić information content (AvgIpc) is 3.21. The number of esters is 1. The number of pyridine rings is 1. The Bertz CT molecular complexity index is 2170. The van der Waals surface area contributed by atoms with E-state index < -0.39 is 37.7 Å². The lowest BCUT2D eigenvalue weighted by Crippen LogP contribution is -2.53. The molecule has 3 fully saturated rings. The molecule has 0 saturated carbocycles. The number of piperidine rings is 3. The molecule has 3 atom stereocenters.